The summed E-state index contributed by atoms with van der Waals surface area (Å²) in [4.78, 5) is 28.8. The first-order valence-electron chi connectivity index (χ1n) is 13.9. The Morgan fingerprint density at radius 3 is 2.10 bits per heavy atom. The van der Waals surface area contributed by atoms with Gasteiger partial charge in [-0.2, -0.15) is 0 Å². The van der Waals surface area contributed by atoms with Crippen molar-refractivity contribution in [2.24, 2.45) is 5.92 Å². The van der Waals surface area contributed by atoms with E-state index in [0.717, 1.165) is 16.3 Å². The van der Waals surface area contributed by atoms with Gasteiger partial charge in [-0.15, -0.1) is 0 Å². The van der Waals surface area contributed by atoms with Crippen LogP contribution in [0.3, 0.4) is 0 Å². The van der Waals surface area contributed by atoms with E-state index in [1.54, 1.807) is 0 Å². The Labute approximate surface area is 228 Å². The summed E-state index contributed by atoms with van der Waals surface area (Å²) in [6, 6.07) is 30.8. The number of fused-ring (bicyclic) bond motifs is 6. The van der Waals surface area contributed by atoms with E-state index in [1.165, 1.54) is 22.3 Å². The third-order valence-corrected chi connectivity index (χ3v) is 8.77. The normalized spacial score (nSPS) is 21.8. The first-order chi connectivity index (χ1) is 19.2. The number of ketones is 1. The van der Waals surface area contributed by atoms with E-state index in [4.69, 9.17) is 9.47 Å². The molecule has 2 heterocycles. The van der Waals surface area contributed by atoms with Crippen molar-refractivity contribution in [1.82, 2.24) is 4.90 Å². The zero-order valence-corrected chi connectivity index (χ0v) is 21.8. The number of carbonyl (C=O) groups excluding carboxylic acids is 2. The lowest BCUT2D eigenvalue weighted by molar-refractivity contribution is -0.130. The molecular weight excluding hydrogens is 486 g/mol. The molecule has 5 heteroatoms. The molecule has 2 aliphatic heterocycles. The van der Waals surface area contributed by atoms with Crippen molar-refractivity contribution in [3.8, 4) is 11.1 Å². The van der Waals surface area contributed by atoms with Crippen LogP contribution in [0.5, 0.6) is 0 Å². The third-order valence-electron chi connectivity index (χ3n) is 8.77. The molecule has 4 aromatic rings. The summed E-state index contributed by atoms with van der Waals surface area (Å²) in [6.45, 7) is 1.19. The number of carbonyl (C=O) groups is 2. The second-order valence-corrected chi connectivity index (χ2v) is 11.0. The minimum atomic E-state index is -0.296. The van der Waals surface area contributed by atoms with Crippen molar-refractivity contribution in [1.29, 1.82) is 0 Å². The minimum Gasteiger partial charge on any atom is -0.448 e. The van der Waals surface area contributed by atoms with Gasteiger partial charge in [-0.3, -0.25) is 9.69 Å². The van der Waals surface area contributed by atoms with Gasteiger partial charge in [0.25, 0.3) is 0 Å². The van der Waals surface area contributed by atoms with Crippen molar-refractivity contribution in [2.45, 2.75) is 37.3 Å². The minimum absolute atomic E-state index is 0.0252. The van der Waals surface area contributed by atoms with E-state index in [1.807, 2.05) is 35.2 Å². The van der Waals surface area contributed by atoms with Gasteiger partial charge in [-0.05, 0) is 51.4 Å². The van der Waals surface area contributed by atoms with E-state index in [2.05, 4.69) is 60.7 Å². The average Bonchev–Trinajstić information content (AvgIpc) is 3.29. The molecule has 0 spiro atoms. The van der Waals surface area contributed by atoms with Crippen LogP contribution in [0.1, 0.15) is 35.4 Å². The van der Waals surface area contributed by atoms with Gasteiger partial charge in [0.2, 0.25) is 0 Å². The van der Waals surface area contributed by atoms with Gasteiger partial charge in [-0.1, -0.05) is 91.0 Å². The van der Waals surface area contributed by atoms with E-state index in [0.29, 0.717) is 39.1 Å². The van der Waals surface area contributed by atoms with Crippen LogP contribution in [0, 0.1) is 5.92 Å². The van der Waals surface area contributed by atoms with Crippen LogP contribution in [0.2, 0.25) is 0 Å². The van der Waals surface area contributed by atoms with E-state index in [9.17, 15) is 9.59 Å². The molecule has 3 aliphatic rings. The third kappa shape index (κ3) is 4.31. The van der Waals surface area contributed by atoms with Crippen molar-refractivity contribution < 1.29 is 19.1 Å². The van der Waals surface area contributed by atoms with Crippen molar-refractivity contribution in [2.75, 3.05) is 19.8 Å². The molecule has 2 bridgehead atoms. The molecule has 2 saturated heterocycles. The Bertz CT molecular complexity index is 1500. The van der Waals surface area contributed by atoms with Gasteiger partial charge in [0.05, 0.1) is 25.3 Å². The van der Waals surface area contributed by atoms with Crippen molar-refractivity contribution in [3.05, 3.63) is 108 Å². The van der Waals surface area contributed by atoms with Crippen LogP contribution in [-0.2, 0) is 20.7 Å². The van der Waals surface area contributed by atoms with Gasteiger partial charge in [0, 0.05) is 18.3 Å². The summed E-state index contributed by atoms with van der Waals surface area (Å²) >= 11 is 0. The summed E-state index contributed by atoms with van der Waals surface area (Å²) < 4.78 is 11.8. The number of nitrogens with zero attached hydrogens (tertiary/aromatic N) is 1. The van der Waals surface area contributed by atoms with Crippen molar-refractivity contribution >= 4 is 22.6 Å². The highest BCUT2D eigenvalue weighted by Gasteiger charge is 2.44. The Morgan fingerprint density at radius 2 is 1.38 bits per heavy atom. The van der Waals surface area contributed by atoms with Gasteiger partial charge >= 0.3 is 6.09 Å². The topological polar surface area (TPSA) is 55.8 Å². The molecule has 0 radical (unpaired) electrons. The summed E-state index contributed by atoms with van der Waals surface area (Å²) in [5, 5.41) is 2.28. The number of ether oxygens (including phenoxy) is 2. The number of piperidine rings is 1. The Hall–Kier alpha value is -3.96. The lowest BCUT2D eigenvalue weighted by Crippen LogP contribution is -2.60. The highest BCUT2D eigenvalue weighted by Crippen LogP contribution is 2.44. The zero-order chi connectivity index (χ0) is 26.3. The molecular formula is C34H31NO4. The SMILES string of the molecule is O=C(Cc1cccc2ccccc12)C1CC2COCC(C1)N2C(=O)OCC1c2ccccc2-c2ccccc21. The molecule has 1 aliphatic carbocycles. The largest absolute Gasteiger partial charge is 0.448 e. The molecule has 7 rings (SSSR count). The lowest BCUT2D eigenvalue weighted by atomic mass is 9.81. The first-order valence-corrected chi connectivity index (χ1v) is 13.9. The number of Topliss-reactive ketones (excluding diaryl/α,β-unsaturated/α-hetero) is 1. The number of morpholine rings is 1. The average molecular weight is 518 g/mol. The van der Waals surface area contributed by atoms with Crippen LogP contribution in [-0.4, -0.2) is 48.7 Å². The van der Waals surface area contributed by atoms with E-state index >= 15 is 0 Å². The van der Waals surface area contributed by atoms with E-state index in [-0.39, 0.29) is 35.8 Å². The number of hydrogen-bond donors (Lipinski definition) is 0. The summed E-state index contributed by atoms with van der Waals surface area (Å²) in [5.74, 6) is 0.188. The summed E-state index contributed by atoms with van der Waals surface area (Å²) in [7, 11) is 0. The fraction of sp³-hybridized carbons (Fsp3) is 0.294. The fourth-order valence-electron chi connectivity index (χ4n) is 6.92. The number of hydrogen-bond acceptors (Lipinski definition) is 4. The monoisotopic (exact) mass is 517 g/mol. The molecule has 4 aromatic carbocycles. The quantitative estimate of drug-likeness (QED) is 0.308. The smallest absolute Gasteiger partial charge is 0.410 e. The van der Waals surface area contributed by atoms with E-state index < -0.39 is 0 Å². The lowest BCUT2D eigenvalue weighted by Gasteiger charge is -2.47. The number of benzene rings is 4. The standard InChI is InChI=1S/C34H31NO4/c36-33(18-23-10-7-9-22-8-1-2-11-27(22)23)24-16-25-19-38-20-26(17-24)35(25)34(37)39-21-32-30-14-5-3-12-28(30)29-13-4-6-15-31(29)32/h1-15,24-26,32H,16-21H2. The molecule has 2 unspecified atom stereocenters. The Kier molecular flexibility index (Phi) is 6.16. The van der Waals surface area contributed by atoms with Crippen LogP contribution >= 0.6 is 0 Å². The molecule has 0 aromatic heterocycles. The number of rotatable bonds is 5. The zero-order valence-electron chi connectivity index (χ0n) is 21.8. The fourth-order valence-corrected chi connectivity index (χ4v) is 6.92. The Morgan fingerprint density at radius 1 is 0.769 bits per heavy atom. The first kappa shape index (κ1) is 24.1. The maximum Gasteiger partial charge on any atom is 0.410 e. The maximum absolute atomic E-state index is 13.5. The summed E-state index contributed by atoms with van der Waals surface area (Å²) in [6.07, 6.45) is 1.35. The maximum atomic E-state index is 13.5. The van der Waals surface area contributed by atoms with Crippen LogP contribution in [0.25, 0.3) is 21.9 Å². The molecule has 39 heavy (non-hydrogen) atoms. The highest BCUT2D eigenvalue weighted by atomic mass is 16.6. The predicted molar refractivity (Wildman–Crippen MR) is 151 cm³/mol. The van der Waals surface area contributed by atoms with Gasteiger partial charge in [-0.25, -0.2) is 4.79 Å². The second-order valence-electron chi connectivity index (χ2n) is 11.0. The van der Waals surface area contributed by atoms with Crippen LogP contribution in [0.15, 0.2) is 91.0 Å². The van der Waals surface area contributed by atoms with Gasteiger partial charge < -0.3 is 9.47 Å². The summed E-state index contributed by atoms with van der Waals surface area (Å²) in [5.41, 5.74) is 5.90. The molecule has 196 valence electrons. The van der Waals surface area contributed by atoms with Crippen LogP contribution in [0.4, 0.5) is 4.79 Å². The highest BCUT2D eigenvalue weighted by molar-refractivity contribution is 5.92. The second kappa shape index (κ2) is 9.97. The number of amides is 1. The van der Waals surface area contributed by atoms with Crippen LogP contribution < -0.4 is 0 Å². The van der Waals surface area contributed by atoms with Crippen molar-refractivity contribution in [3.63, 3.8) is 0 Å². The molecule has 5 nitrogen and oxygen atoms in total. The van der Waals surface area contributed by atoms with Gasteiger partial charge in [0.15, 0.2) is 0 Å². The van der Waals surface area contributed by atoms with Gasteiger partial charge in [0.1, 0.15) is 12.4 Å². The molecule has 0 saturated carbocycles. The predicted octanol–water partition coefficient (Wildman–Crippen LogP) is 6.38. The molecule has 1 amide bonds. The molecule has 2 fully saturated rings. The molecule has 0 N–H and O–H groups in total. The Balaban J connectivity index is 1.04. The molecule has 2 atom stereocenters.